The van der Waals surface area contributed by atoms with Crippen molar-refractivity contribution >= 4 is 5.78 Å². The van der Waals surface area contributed by atoms with Crippen LogP contribution in [0.25, 0.3) is 0 Å². The van der Waals surface area contributed by atoms with E-state index >= 15 is 0 Å². The lowest BCUT2D eigenvalue weighted by Gasteiger charge is -2.01. The Balaban J connectivity index is 3.06. The third-order valence-electron chi connectivity index (χ3n) is 2.08. The van der Waals surface area contributed by atoms with Crippen molar-refractivity contribution in [3.8, 4) is 5.75 Å². The number of aryl methyl sites for hydroxylation is 1. The molecule has 0 spiro atoms. The van der Waals surface area contributed by atoms with Crippen LogP contribution in [0.2, 0.25) is 0 Å². The zero-order valence-corrected chi connectivity index (χ0v) is 7.96. The fourth-order valence-electron chi connectivity index (χ4n) is 1.23. The lowest BCUT2D eigenvalue weighted by molar-refractivity contribution is 0.0988. The first-order chi connectivity index (χ1) is 6.19. The lowest BCUT2D eigenvalue weighted by atomic mass is 10.0. The number of rotatable bonds is 3. The number of ketones is 1. The van der Waals surface area contributed by atoms with Gasteiger partial charge in [-0.2, -0.15) is 0 Å². The molecule has 0 aliphatic carbocycles. The minimum absolute atomic E-state index is 0.0233. The van der Waals surface area contributed by atoms with E-state index in [0.717, 1.165) is 5.56 Å². The first-order valence-electron chi connectivity index (χ1n) is 4.52. The second kappa shape index (κ2) is 4.08. The fourth-order valence-corrected chi connectivity index (χ4v) is 1.23. The highest BCUT2D eigenvalue weighted by atomic mass is 16.3. The quantitative estimate of drug-likeness (QED) is 0.654. The Kier molecular flexibility index (Phi) is 3.07. The summed E-state index contributed by atoms with van der Waals surface area (Å²) in [7, 11) is 0. The summed E-state index contributed by atoms with van der Waals surface area (Å²) in [6.45, 7) is 3.73. The van der Waals surface area contributed by atoms with Crippen molar-refractivity contribution < 1.29 is 9.90 Å². The van der Waals surface area contributed by atoms with Gasteiger partial charge in [-0.25, -0.2) is 0 Å². The molecular weight excluding hydrogens is 164 g/mol. The van der Waals surface area contributed by atoms with Crippen LogP contribution in [0.1, 0.15) is 36.2 Å². The molecule has 2 heteroatoms. The molecule has 1 rings (SSSR count). The number of benzene rings is 1. The summed E-state index contributed by atoms with van der Waals surface area (Å²) in [6.07, 6.45) is 1.17. The smallest absolute Gasteiger partial charge is 0.181 e. The van der Waals surface area contributed by atoms with Crippen LogP contribution in [0.4, 0.5) is 0 Å². The third kappa shape index (κ3) is 2.08. The van der Waals surface area contributed by atoms with E-state index in [1.807, 2.05) is 13.8 Å². The maximum atomic E-state index is 11.3. The molecule has 1 aromatic rings. The number of carbonyl (C=O) groups is 1. The molecule has 1 radical (unpaired) electrons. The maximum Gasteiger partial charge on any atom is 0.181 e. The van der Waals surface area contributed by atoms with Crippen LogP contribution in [0.3, 0.4) is 0 Å². The predicted molar refractivity (Wildman–Crippen MR) is 50.6 cm³/mol. The molecule has 0 fully saturated rings. The molecule has 2 nitrogen and oxygen atoms in total. The predicted octanol–water partition coefficient (Wildman–Crippen LogP) is 2.99. The van der Waals surface area contributed by atoms with Gasteiger partial charge < -0.3 is 0 Å². The van der Waals surface area contributed by atoms with Crippen LogP contribution < -0.4 is 0 Å². The first-order valence-corrected chi connectivity index (χ1v) is 4.52. The Hall–Kier alpha value is -1.31. The van der Waals surface area contributed by atoms with Crippen LogP contribution in [-0.4, -0.2) is 5.78 Å². The van der Waals surface area contributed by atoms with E-state index in [4.69, 9.17) is 0 Å². The van der Waals surface area contributed by atoms with Gasteiger partial charge in [0.15, 0.2) is 11.5 Å². The highest BCUT2D eigenvalue weighted by Crippen LogP contribution is 2.20. The first kappa shape index (κ1) is 9.78. The summed E-state index contributed by atoms with van der Waals surface area (Å²) in [5.41, 5.74) is 1.37. The van der Waals surface area contributed by atoms with Gasteiger partial charge >= 0.3 is 0 Å². The average molecular weight is 177 g/mol. The molecule has 0 amide bonds. The van der Waals surface area contributed by atoms with Crippen molar-refractivity contribution in [2.24, 2.45) is 0 Å². The Morgan fingerprint density at radius 3 is 2.54 bits per heavy atom. The maximum absolute atomic E-state index is 11.3. The van der Waals surface area contributed by atoms with E-state index in [0.29, 0.717) is 18.4 Å². The fraction of sp³-hybridized carbons (Fsp3) is 0.364. The van der Waals surface area contributed by atoms with Gasteiger partial charge in [-0.1, -0.05) is 13.8 Å². The molecule has 0 atom stereocenters. The lowest BCUT2D eigenvalue weighted by Crippen LogP contribution is -1.97. The summed E-state index contributed by atoms with van der Waals surface area (Å²) in [4.78, 5) is 11.3. The van der Waals surface area contributed by atoms with Gasteiger partial charge in [0, 0.05) is 12.0 Å². The molecule has 13 heavy (non-hydrogen) atoms. The second-order valence-corrected chi connectivity index (χ2v) is 2.95. The highest BCUT2D eigenvalue weighted by Gasteiger charge is 2.06. The van der Waals surface area contributed by atoms with E-state index < -0.39 is 0 Å². The molecule has 0 unspecified atom stereocenters. The molecule has 0 saturated heterocycles. The average Bonchev–Trinajstić information content (AvgIpc) is 2.17. The normalized spacial score (nSPS) is 10.0. The molecule has 0 heterocycles. The largest absolute Gasteiger partial charge is 0.294 e. The molecule has 0 aliphatic heterocycles. The SMILES string of the molecule is CCC(=O)c1ccc([O])c(CC)c1. The molecule has 69 valence electrons. The van der Waals surface area contributed by atoms with E-state index in [-0.39, 0.29) is 11.5 Å². The van der Waals surface area contributed by atoms with Crippen molar-refractivity contribution in [3.05, 3.63) is 29.3 Å². The van der Waals surface area contributed by atoms with Crippen LogP contribution in [0.15, 0.2) is 18.2 Å². The number of hydrogen-bond donors (Lipinski definition) is 0. The monoisotopic (exact) mass is 177 g/mol. The van der Waals surface area contributed by atoms with Crippen molar-refractivity contribution in [2.75, 3.05) is 0 Å². The van der Waals surface area contributed by atoms with Gasteiger partial charge in [0.2, 0.25) is 0 Å². The second-order valence-electron chi connectivity index (χ2n) is 2.95. The minimum Gasteiger partial charge on any atom is -0.294 e. The van der Waals surface area contributed by atoms with Crippen LogP contribution >= 0.6 is 0 Å². The molecule has 1 aromatic carbocycles. The van der Waals surface area contributed by atoms with Crippen molar-refractivity contribution in [2.45, 2.75) is 26.7 Å². The van der Waals surface area contributed by atoms with Gasteiger partial charge in [0.1, 0.15) is 0 Å². The van der Waals surface area contributed by atoms with E-state index in [9.17, 15) is 9.90 Å². The van der Waals surface area contributed by atoms with Crippen molar-refractivity contribution in [1.29, 1.82) is 0 Å². The number of carbonyl (C=O) groups excluding carboxylic acids is 1. The Labute approximate surface area is 78.2 Å². The minimum atomic E-state index is 0.0233. The number of hydrogen-bond acceptors (Lipinski definition) is 1. The Morgan fingerprint density at radius 2 is 2.00 bits per heavy atom. The molecule has 0 bridgehead atoms. The highest BCUT2D eigenvalue weighted by molar-refractivity contribution is 5.96. The summed E-state index contributed by atoms with van der Waals surface area (Å²) >= 11 is 0. The molecule has 0 saturated carbocycles. The van der Waals surface area contributed by atoms with E-state index in [1.54, 1.807) is 12.1 Å². The van der Waals surface area contributed by atoms with Crippen LogP contribution in [0.5, 0.6) is 5.75 Å². The summed E-state index contributed by atoms with van der Waals surface area (Å²) in [6, 6.07) is 4.78. The van der Waals surface area contributed by atoms with Crippen LogP contribution in [0, 0.1) is 0 Å². The zero-order chi connectivity index (χ0) is 9.84. The molecule has 0 aliphatic rings. The van der Waals surface area contributed by atoms with E-state index in [1.165, 1.54) is 6.07 Å². The summed E-state index contributed by atoms with van der Waals surface area (Å²) in [5.74, 6) is 0.116. The van der Waals surface area contributed by atoms with Gasteiger partial charge in [0.25, 0.3) is 0 Å². The third-order valence-corrected chi connectivity index (χ3v) is 2.08. The van der Waals surface area contributed by atoms with Gasteiger partial charge in [-0.3, -0.25) is 9.90 Å². The number of Topliss-reactive ketones (excluding diaryl/α,β-unsaturated/α-hetero) is 1. The Morgan fingerprint density at radius 1 is 1.31 bits per heavy atom. The van der Waals surface area contributed by atoms with Crippen LogP contribution in [-0.2, 0) is 11.5 Å². The van der Waals surface area contributed by atoms with Crippen molar-refractivity contribution in [3.63, 3.8) is 0 Å². The zero-order valence-electron chi connectivity index (χ0n) is 7.96. The molecule has 0 aromatic heterocycles. The van der Waals surface area contributed by atoms with Gasteiger partial charge in [0.05, 0.1) is 0 Å². The van der Waals surface area contributed by atoms with Gasteiger partial charge in [-0.05, 0) is 30.2 Å². The Bertz CT molecular complexity index is 316. The summed E-state index contributed by atoms with van der Waals surface area (Å²) < 4.78 is 0. The van der Waals surface area contributed by atoms with Crippen molar-refractivity contribution in [1.82, 2.24) is 0 Å². The molecule has 0 N–H and O–H groups in total. The summed E-state index contributed by atoms with van der Waals surface area (Å²) in [5, 5.41) is 11.2. The topological polar surface area (TPSA) is 37.0 Å². The molecular formula is C11H13O2. The van der Waals surface area contributed by atoms with E-state index in [2.05, 4.69) is 0 Å². The standard InChI is InChI=1S/C11H13O2/c1-3-8-7-9(10(12)4-2)5-6-11(8)13/h5-7H,3-4H2,1-2H3. The van der Waals surface area contributed by atoms with Gasteiger partial charge in [-0.15, -0.1) is 0 Å².